The maximum Gasteiger partial charge on any atom is 0.277 e. The summed E-state index contributed by atoms with van der Waals surface area (Å²) in [6.07, 6.45) is 2.55. The molecule has 232 valence electrons. The first-order valence-electron chi connectivity index (χ1n) is 14.9. The van der Waals surface area contributed by atoms with E-state index in [2.05, 4.69) is 19.2 Å². The van der Waals surface area contributed by atoms with E-state index in [0.717, 1.165) is 29.3 Å². The van der Waals surface area contributed by atoms with E-state index in [1.165, 1.54) is 9.80 Å². The Bertz CT molecular complexity index is 1580. The molecule has 0 aromatic heterocycles. The first-order chi connectivity index (χ1) is 20.8. The average molecular weight is 642 g/mol. The normalized spacial score (nSPS) is 24.8. The predicted molar refractivity (Wildman–Crippen MR) is 164 cm³/mol. The minimum absolute atomic E-state index is 0.00824. The van der Waals surface area contributed by atoms with E-state index in [9.17, 15) is 19.2 Å². The highest BCUT2D eigenvalue weighted by Gasteiger charge is 2.47. The van der Waals surface area contributed by atoms with Gasteiger partial charge in [-0.25, -0.2) is 8.78 Å². The van der Waals surface area contributed by atoms with E-state index in [1.54, 1.807) is 30.3 Å². The molecule has 11 heteroatoms. The number of fused-ring (bicyclic) bond motifs is 1. The molecular formula is C33H34ClF2N3O4S. The minimum atomic E-state index is -3.12. The van der Waals surface area contributed by atoms with Crippen LogP contribution in [0.5, 0.6) is 0 Å². The summed E-state index contributed by atoms with van der Waals surface area (Å²) in [5.74, 6) is -4.60. The molecule has 4 amide bonds. The number of hydrogen-bond acceptors (Lipinski definition) is 5. The summed E-state index contributed by atoms with van der Waals surface area (Å²) in [6.45, 7) is 4.06. The van der Waals surface area contributed by atoms with Crippen molar-refractivity contribution in [1.29, 1.82) is 0 Å². The van der Waals surface area contributed by atoms with Crippen LogP contribution in [0.1, 0.15) is 73.9 Å². The molecule has 3 aliphatic heterocycles. The number of hydrogen-bond donors (Lipinski definition) is 1. The van der Waals surface area contributed by atoms with Crippen LogP contribution in [0.15, 0.2) is 52.9 Å². The lowest BCUT2D eigenvalue weighted by Crippen LogP contribution is -2.52. The Hall–Kier alpha value is -3.24. The maximum absolute atomic E-state index is 15.7. The topological polar surface area (TPSA) is 86.8 Å². The number of thioether (sulfide) groups is 1. The number of carbonyl (C=O) groups excluding carboxylic acids is 4. The summed E-state index contributed by atoms with van der Waals surface area (Å²) in [4.78, 5) is 54.0. The van der Waals surface area contributed by atoms with E-state index in [0.29, 0.717) is 39.5 Å². The summed E-state index contributed by atoms with van der Waals surface area (Å²) in [5, 5.41) is 1.84. The van der Waals surface area contributed by atoms with Crippen molar-refractivity contribution in [2.75, 3.05) is 13.1 Å². The van der Waals surface area contributed by atoms with Crippen molar-refractivity contribution in [2.45, 2.75) is 81.0 Å². The lowest BCUT2D eigenvalue weighted by atomic mass is 9.72. The number of benzene rings is 2. The number of alkyl halides is 2. The summed E-state index contributed by atoms with van der Waals surface area (Å²) in [7, 11) is 0. The molecule has 7 nitrogen and oxygen atoms in total. The van der Waals surface area contributed by atoms with Gasteiger partial charge in [-0.1, -0.05) is 37.6 Å². The van der Waals surface area contributed by atoms with Gasteiger partial charge in [-0.15, -0.1) is 11.8 Å². The monoisotopic (exact) mass is 641 g/mol. The second-order valence-corrected chi connectivity index (χ2v) is 14.6. The first-order valence-corrected chi connectivity index (χ1v) is 16.2. The molecule has 6 rings (SSSR count). The zero-order chi connectivity index (χ0) is 31.4. The van der Waals surface area contributed by atoms with Crippen LogP contribution >= 0.6 is 23.4 Å². The van der Waals surface area contributed by atoms with Gasteiger partial charge in [-0.2, -0.15) is 0 Å². The van der Waals surface area contributed by atoms with Gasteiger partial charge in [0.15, 0.2) is 0 Å². The zero-order valence-electron chi connectivity index (χ0n) is 24.6. The highest BCUT2D eigenvalue weighted by atomic mass is 35.5. The molecule has 0 saturated carbocycles. The Morgan fingerprint density at radius 3 is 2.50 bits per heavy atom. The fourth-order valence-corrected chi connectivity index (χ4v) is 7.95. The molecule has 1 N–H and O–H groups in total. The lowest BCUT2D eigenvalue weighted by Gasteiger charge is -2.40. The van der Waals surface area contributed by atoms with Crippen molar-refractivity contribution in [1.82, 2.24) is 15.1 Å². The molecule has 2 aromatic carbocycles. The smallest absolute Gasteiger partial charge is 0.277 e. The van der Waals surface area contributed by atoms with Crippen molar-refractivity contribution in [3.63, 3.8) is 0 Å². The molecule has 2 saturated heterocycles. The van der Waals surface area contributed by atoms with Gasteiger partial charge in [0.1, 0.15) is 6.04 Å². The van der Waals surface area contributed by atoms with Crippen LogP contribution in [0.2, 0.25) is 5.02 Å². The Kier molecular flexibility index (Phi) is 8.11. The molecule has 4 aliphatic rings. The number of nitrogens with one attached hydrogen (secondary N) is 1. The van der Waals surface area contributed by atoms with Crippen LogP contribution in [0.3, 0.4) is 0 Å². The third kappa shape index (κ3) is 6.03. The third-order valence-corrected chi connectivity index (χ3v) is 10.8. The summed E-state index contributed by atoms with van der Waals surface area (Å²) >= 11 is 7.15. The van der Waals surface area contributed by atoms with E-state index >= 15 is 8.78 Å². The SMILES string of the molecule is CC1(C)CCC(C(=O)N2CCC(Sc3ccc4c(c3)CN(C3CCC(=O)NC3=O)C4=O)C(F)(F)C2)=C(c2ccc(Cl)cc2)C1. The van der Waals surface area contributed by atoms with Gasteiger partial charge in [-0.05, 0) is 84.6 Å². The molecule has 1 aliphatic carbocycles. The number of rotatable bonds is 5. The van der Waals surface area contributed by atoms with Gasteiger partial charge in [0.25, 0.3) is 11.8 Å². The Labute approximate surface area is 264 Å². The molecule has 2 aromatic rings. The fraction of sp³-hybridized carbons (Fsp3) is 0.455. The van der Waals surface area contributed by atoms with Crippen LogP contribution in [-0.4, -0.2) is 63.7 Å². The van der Waals surface area contributed by atoms with E-state index < -0.39 is 29.7 Å². The number of carbonyl (C=O) groups is 4. The largest absolute Gasteiger partial charge is 0.333 e. The van der Waals surface area contributed by atoms with Crippen LogP contribution in [-0.2, 0) is 20.9 Å². The number of piperidine rings is 2. The fourth-order valence-electron chi connectivity index (χ4n) is 6.67. The molecular weight excluding hydrogens is 608 g/mol. The van der Waals surface area contributed by atoms with Crippen LogP contribution in [0.25, 0.3) is 5.57 Å². The molecule has 0 spiro atoms. The van der Waals surface area contributed by atoms with Crippen molar-refractivity contribution in [3.8, 4) is 0 Å². The number of amides is 4. The number of halogens is 3. The summed E-state index contributed by atoms with van der Waals surface area (Å²) in [6, 6.07) is 11.6. The van der Waals surface area contributed by atoms with Gasteiger partial charge >= 0.3 is 0 Å². The molecule has 2 atom stereocenters. The van der Waals surface area contributed by atoms with Crippen molar-refractivity contribution >= 4 is 52.6 Å². The van der Waals surface area contributed by atoms with E-state index in [-0.39, 0.29) is 55.5 Å². The quantitative estimate of drug-likeness (QED) is 0.399. The predicted octanol–water partition coefficient (Wildman–Crippen LogP) is 6.09. The number of imide groups is 1. The van der Waals surface area contributed by atoms with Crippen LogP contribution < -0.4 is 5.32 Å². The third-order valence-electron chi connectivity index (χ3n) is 9.12. The Morgan fingerprint density at radius 1 is 1.05 bits per heavy atom. The molecule has 0 radical (unpaired) electrons. The second-order valence-electron chi connectivity index (χ2n) is 12.9. The molecule has 3 heterocycles. The molecule has 2 unspecified atom stereocenters. The average Bonchev–Trinajstić information content (AvgIpc) is 3.28. The van der Waals surface area contributed by atoms with Crippen LogP contribution in [0.4, 0.5) is 8.78 Å². The first kappa shape index (κ1) is 30.8. The molecule has 0 bridgehead atoms. The maximum atomic E-state index is 15.7. The number of nitrogens with zero attached hydrogens (tertiary/aromatic N) is 2. The highest BCUT2D eigenvalue weighted by Crippen LogP contribution is 2.45. The second kappa shape index (κ2) is 11.6. The van der Waals surface area contributed by atoms with Crippen molar-refractivity contribution in [2.24, 2.45) is 5.41 Å². The molecule has 44 heavy (non-hydrogen) atoms. The van der Waals surface area contributed by atoms with Gasteiger partial charge < -0.3 is 9.80 Å². The standard InChI is InChI=1S/C33H34ClF2N3O4S/c1-32(2)13-11-24(25(16-32)19-3-5-21(34)6-4-19)30(42)38-14-12-27(33(35,36)18-38)44-22-7-8-23-20(15-22)17-39(31(23)43)26-9-10-28(40)37-29(26)41/h3-8,15,26-27H,9-14,16-18H2,1-2H3,(H,37,40,41). The minimum Gasteiger partial charge on any atom is -0.333 e. The summed E-state index contributed by atoms with van der Waals surface area (Å²) in [5.41, 5.74) is 3.51. The van der Waals surface area contributed by atoms with Gasteiger partial charge in [0.05, 0.1) is 11.8 Å². The molecule has 2 fully saturated rings. The van der Waals surface area contributed by atoms with E-state index in [1.807, 2.05) is 12.1 Å². The van der Waals surface area contributed by atoms with Crippen molar-refractivity contribution < 1.29 is 28.0 Å². The van der Waals surface area contributed by atoms with Gasteiger partial charge in [0, 0.05) is 40.6 Å². The Balaban J connectivity index is 1.15. The zero-order valence-corrected chi connectivity index (χ0v) is 26.2. The van der Waals surface area contributed by atoms with Crippen LogP contribution in [0, 0.1) is 5.41 Å². The highest BCUT2D eigenvalue weighted by molar-refractivity contribution is 8.00. The van der Waals surface area contributed by atoms with E-state index in [4.69, 9.17) is 11.6 Å². The number of likely N-dealkylation sites (tertiary alicyclic amines) is 1. The van der Waals surface area contributed by atoms with Gasteiger partial charge in [0.2, 0.25) is 17.7 Å². The Morgan fingerprint density at radius 2 is 1.80 bits per heavy atom. The number of allylic oxidation sites excluding steroid dienone is 1. The van der Waals surface area contributed by atoms with Gasteiger partial charge in [-0.3, -0.25) is 24.5 Å². The lowest BCUT2D eigenvalue weighted by molar-refractivity contribution is -0.137. The summed E-state index contributed by atoms with van der Waals surface area (Å²) < 4.78 is 31.3. The van der Waals surface area contributed by atoms with Crippen molar-refractivity contribution in [3.05, 3.63) is 69.8 Å².